The third-order valence-electron chi connectivity index (χ3n) is 4.17. The highest BCUT2D eigenvalue weighted by molar-refractivity contribution is 5.78. The van der Waals surface area contributed by atoms with Gasteiger partial charge in [0, 0.05) is 24.3 Å². The number of hydrogen-bond acceptors (Lipinski definition) is 4. The van der Waals surface area contributed by atoms with E-state index in [0.717, 1.165) is 6.07 Å². The number of esters is 1. The number of hydrogen-bond donors (Lipinski definition) is 1. The Morgan fingerprint density at radius 2 is 2.09 bits per heavy atom. The van der Waals surface area contributed by atoms with E-state index in [0.29, 0.717) is 13.0 Å². The molecular formula is C15H17F4NO3. The zero-order valence-electron chi connectivity index (χ0n) is 12.7. The van der Waals surface area contributed by atoms with E-state index < -0.39 is 41.1 Å². The highest BCUT2D eigenvalue weighted by Crippen LogP contribution is 2.41. The van der Waals surface area contributed by atoms with Gasteiger partial charge in [0.25, 0.3) is 0 Å². The van der Waals surface area contributed by atoms with Gasteiger partial charge >= 0.3 is 12.1 Å². The van der Waals surface area contributed by atoms with E-state index in [1.165, 1.54) is 18.1 Å². The van der Waals surface area contributed by atoms with E-state index in [9.17, 15) is 27.5 Å². The number of anilines is 1. The lowest BCUT2D eigenvalue weighted by Gasteiger charge is -2.26. The Morgan fingerprint density at radius 3 is 2.61 bits per heavy atom. The van der Waals surface area contributed by atoms with Gasteiger partial charge in [0.05, 0.1) is 24.7 Å². The molecule has 0 radical (unpaired) electrons. The van der Waals surface area contributed by atoms with Crippen LogP contribution in [-0.4, -0.2) is 31.3 Å². The van der Waals surface area contributed by atoms with Crippen molar-refractivity contribution >= 4 is 11.7 Å². The zero-order chi connectivity index (χ0) is 17.4. The van der Waals surface area contributed by atoms with E-state index in [1.807, 2.05) is 0 Å². The van der Waals surface area contributed by atoms with Crippen LogP contribution in [0.25, 0.3) is 0 Å². The molecule has 8 heteroatoms. The average Bonchev–Trinajstić information content (AvgIpc) is 2.88. The van der Waals surface area contributed by atoms with Crippen molar-refractivity contribution in [3.63, 3.8) is 0 Å². The SMILES string of the molecule is COC(=O)[C@@]1(C)CCN(c2ccc(F)c(C(F)(F)F)c2CO)C1. The molecule has 0 bridgehead atoms. The lowest BCUT2D eigenvalue weighted by molar-refractivity contribution is -0.150. The van der Waals surface area contributed by atoms with Crippen LogP contribution in [0, 0.1) is 11.2 Å². The fraction of sp³-hybridized carbons (Fsp3) is 0.533. The predicted molar refractivity (Wildman–Crippen MR) is 74.3 cm³/mol. The van der Waals surface area contributed by atoms with Crippen molar-refractivity contribution < 1.29 is 32.2 Å². The number of rotatable bonds is 3. The average molecular weight is 335 g/mol. The predicted octanol–water partition coefficient (Wildman–Crippen LogP) is 2.73. The molecule has 23 heavy (non-hydrogen) atoms. The van der Waals surface area contributed by atoms with Crippen LogP contribution in [0.5, 0.6) is 0 Å². The number of alkyl halides is 3. The molecule has 1 atom stereocenters. The maximum Gasteiger partial charge on any atom is 0.419 e. The molecular weight excluding hydrogens is 318 g/mol. The number of halogens is 4. The number of nitrogens with zero attached hydrogens (tertiary/aromatic N) is 1. The Kier molecular flexibility index (Phi) is 4.57. The molecule has 0 saturated carbocycles. The Bertz CT molecular complexity index is 617. The molecule has 2 rings (SSSR count). The summed E-state index contributed by atoms with van der Waals surface area (Å²) in [5, 5.41) is 9.35. The van der Waals surface area contributed by atoms with E-state index in [2.05, 4.69) is 0 Å². The molecule has 128 valence electrons. The molecule has 1 saturated heterocycles. The van der Waals surface area contributed by atoms with Gasteiger partial charge in [-0.2, -0.15) is 13.2 Å². The third kappa shape index (κ3) is 3.12. The summed E-state index contributed by atoms with van der Waals surface area (Å²) in [6, 6.07) is 1.92. The van der Waals surface area contributed by atoms with Gasteiger partial charge in [0.2, 0.25) is 0 Å². The summed E-state index contributed by atoms with van der Waals surface area (Å²) in [7, 11) is 1.25. The summed E-state index contributed by atoms with van der Waals surface area (Å²) in [4.78, 5) is 13.3. The van der Waals surface area contributed by atoms with Crippen LogP contribution in [0.15, 0.2) is 12.1 Å². The first-order valence-corrected chi connectivity index (χ1v) is 6.97. The minimum atomic E-state index is -4.91. The number of carbonyl (C=O) groups is 1. The number of aliphatic hydroxyl groups is 1. The minimum absolute atomic E-state index is 0.0776. The Hall–Kier alpha value is -1.83. The molecule has 1 heterocycles. The Morgan fingerprint density at radius 1 is 1.43 bits per heavy atom. The zero-order valence-corrected chi connectivity index (χ0v) is 12.7. The van der Waals surface area contributed by atoms with Gasteiger partial charge in [-0.05, 0) is 25.5 Å². The van der Waals surface area contributed by atoms with Crippen molar-refractivity contribution in [3.8, 4) is 0 Å². The second-order valence-corrected chi connectivity index (χ2v) is 5.80. The van der Waals surface area contributed by atoms with E-state index in [-0.39, 0.29) is 12.2 Å². The highest BCUT2D eigenvalue weighted by Gasteiger charge is 2.43. The van der Waals surface area contributed by atoms with Crippen LogP contribution in [0.2, 0.25) is 0 Å². The lowest BCUT2D eigenvalue weighted by atomic mass is 9.90. The van der Waals surface area contributed by atoms with Gasteiger partial charge in [-0.1, -0.05) is 0 Å². The molecule has 0 amide bonds. The molecule has 1 aromatic rings. The van der Waals surface area contributed by atoms with Crippen molar-refractivity contribution in [1.29, 1.82) is 0 Å². The second kappa shape index (κ2) is 5.99. The van der Waals surface area contributed by atoms with Crippen LogP contribution in [0.1, 0.15) is 24.5 Å². The fourth-order valence-corrected chi connectivity index (χ4v) is 2.95. The molecule has 1 aliphatic heterocycles. The monoisotopic (exact) mass is 335 g/mol. The first-order chi connectivity index (χ1) is 10.6. The van der Waals surface area contributed by atoms with Gasteiger partial charge in [-0.25, -0.2) is 4.39 Å². The molecule has 0 aromatic heterocycles. The summed E-state index contributed by atoms with van der Waals surface area (Å²) < 4.78 is 57.5. The fourth-order valence-electron chi connectivity index (χ4n) is 2.95. The molecule has 1 N–H and O–H groups in total. The van der Waals surface area contributed by atoms with Gasteiger partial charge in [-0.15, -0.1) is 0 Å². The number of benzene rings is 1. The Labute approximate surface area is 130 Å². The minimum Gasteiger partial charge on any atom is -0.469 e. The maximum atomic E-state index is 13.6. The van der Waals surface area contributed by atoms with Crippen LogP contribution in [0.4, 0.5) is 23.2 Å². The number of aliphatic hydroxyl groups excluding tert-OH is 1. The van der Waals surface area contributed by atoms with E-state index in [4.69, 9.17) is 4.74 Å². The summed E-state index contributed by atoms with van der Waals surface area (Å²) in [6.45, 7) is 1.15. The summed E-state index contributed by atoms with van der Waals surface area (Å²) in [5.74, 6) is -1.89. The lowest BCUT2D eigenvalue weighted by Crippen LogP contribution is -2.33. The van der Waals surface area contributed by atoms with Gasteiger partial charge in [0.15, 0.2) is 0 Å². The van der Waals surface area contributed by atoms with Crippen LogP contribution in [0.3, 0.4) is 0 Å². The maximum absolute atomic E-state index is 13.6. The second-order valence-electron chi connectivity index (χ2n) is 5.80. The topological polar surface area (TPSA) is 49.8 Å². The molecule has 1 fully saturated rings. The summed E-state index contributed by atoms with van der Waals surface area (Å²) >= 11 is 0. The van der Waals surface area contributed by atoms with Gasteiger partial charge in [-0.3, -0.25) is 4.79 Å². The molecule has 0 unspecified atom stereocenters. The van der Waals surface area contributed by atoms with Gasteiger partial charge < -0.3 is 14.7 Å². The number of ether oxygens (including phenoxy) is 1. The van der Waals surface area contributed by atoms with Crippen LogP contribution >= 0.6 is 0 Å². The molecule has 0 aliphatic carbocycles. The Balaban J connectivity index is 2.44. The quantitative estimate of drug-likeness (QED) is 0.682. The summed E-state index contributed by atoms with van der Waals surface area (Å²) in [6.07, 6.45) is -4.52. The first kappa shape index (κ1) is 17.5. The molecule has 1 aromatic carbocycles. The number of methoxy groups -OCH3 is 1. The highest BCUT2D eigenvalue weighted by atomic mass is 19.4. The normalized spacial score (nSPS) is 21.6. The first-order valence-electron chi connectivity index (χ1n) is 6.97. The van der Waals surface area contributed by atoms with E-state index in [1.54, 1.807) is 6.92 Å². The van der Waals surface area contributed by atoms with Crippen LogP contribution < -0.4 is 4.90 Å². The van der Waals surface area contributed by atoms with Crippen LogP contribution in [-0.2, 0) is 22.3 Å². The largest absolute Gasteiger partial charge is 0.469 e. The summed E-state index contributed by atoms with van der Waals surface area (Å²) in [5.41, 5.74) is -2.77. The van der Waals surface area contributed by atoms with E-state index >= 15 is 0 Å². The molecule has 1 aliphatic rings. The van der Waals surface area contributed by atoms with Crippen molar-refractivity contribution in [3.05, 3.63) is 29.1 Å². The third-order valence-corrected chi connectivity index (χ3v) is 4.17. The molecule has 4 nitrogen and oxygen atoms in total. The van der Waals surface area contributed by atoms with Crippen molar-refractivity contribution in [2.24, 2.45) is 5.41 Å². The number of carbonyl (C=O) groups excluding carboxylic acids is 1. The smallest absolute Gasteiger partial charge is 0.419 e. The molecule has 0 spiro atoms. The van der Waals surface area contributed by atoms with Crippen molar-refractivity contribution in [2.45, 2.75) is 26.1 Å². The van der Waals surface area contributed by atoms with Crippen molar-refractivity contribution in [2.75, 3.05) is 25.1 Å². The van der Waals surface area contributed by atoms with Gasteiger partial charge in [0.1, 0.15) is 5.82 Å². The van der Waals surface area contributed by atoms with Crippen molar-refractivity contribution in [1.82, 2.24) is 0 Å². The standard InChI is InChI=1S/C15H17F4NO3/c1-14(13(22)23-2)5-6-20(8-14)11-4-3-10(16)12(9(11)7-21)15(17,18)19/h3-4,21H,5-8H2,1-2H3/t14-/m0/s1.